The van der Waals surface area contributed by atoms with Gasteiger partial charge in [-0.2, -0.15) is 0 Å². The lowest BCUT2D eigenvalue weighted by molar-refractivity contribution is -0.156. The molecule has 2 aliphatic heterocycles. The summed E-state index contributed by atoms with van der Waals surface area (Å²) in [6, 6.07) is 7.53. The summed E-state index contributed by atoms with van der Waals surface area (Å²) in [5, 5.41) is 18.8. The van der Waals surface area contributed by atoms with E-state index in [0.717, 1.165) is 11.1 Å². The molecule has 0 unspecified atom stereocenters. The van der Waals surface area contributed by atoms with Crippen molar-refractivity contribution in [3.05, 3.63) is 41.1 Å². The van der Waals surface area contributed by atoms with Crippen LogP contribution in [0.3, 0.4) is 0 Å². The van der Waals surface area contributed by atoms with Gasteiger partial charge in [-0.1, -0.05) is 41.6 Å². The first-order chi connectivity index (χ1) is 9.91. The molecule has 1 amide bonds. The minimum absolute atomic E-state index is 0.0238. The van der Waals surface area contributed by atoms with E-state index < -0.39 is 18.0 Å². The van der Waals surface area contributed by atoms with Gasteiger partial charge in [0.05, 0.1) is 12.0 Å². The lowest BCUT2D eigenvalue weighted by Gasteiger charge is -2.43. The maximum atomic E-state index is 12.1. The second-order valence-corrected chi connectivity index (χ2v) is 6.46. The van der Waals surface area contributed by atoms with Crippen molar-refractivity contribution in [2.45, 2.75) is 25.3 Å². The third kappa shape index (κ3) is 2.06. The van der Waals surface area contributed by atoms with Crippen molar-refractivity contribution in [1.29, 1.82) is 0 Å². The lowest BCUT2D eigenvalue weighted by atomic mass is 9.92. The van der Waals surface area contributed by atoms with Crippen molar-refractivity contribution < 1.29 is 19.8 Å². The largest absolute Gasteiger partial charge is 0.477 e. The number of amides is 1. The highest BCUT2D eigenvalue weighted by Gasteiger charge is 2.57. The molecule has 0 spiro atoms. The van der Waals surface area contributed by atoms with Crippen LogP contribution in [0.5, 0.6) is 0 Å². The summed E-state index contributed by atoms with van der Waals surface area (Å²) in [4.78, 5) is 25.5. The molecule has 2 aliphatic rings. The van der Waals surface area contributed by atoms with Crippen LogP contribution in [-0.2, 0) is 9.59 Å². The zero-order chi connectivity index (χ0) is 15.3. The van der Waals surface area contributed by atoms with Crippen molar-refractivity contribution in [2.24, 2.45) is 5.92 Å². The fourth-order valence-corrected chi connectivity index (χ4v) is 4.31. The lowest BCUT2D eigenvalue weighted by Crippen LogP contribution is -2.60. The van der Waals surface area contributed by atoms with Crippen molar-refractivity contribution >= 4 is 28.5 Å². The van der Waals surface area contributed by atoms with Crippen LogP contribution in [0.15, 0.2) is 30.0 Å². The number of nitrogens with zero attached hydrogens (tertiary/aromatic N) is 1. The summed E-state index contributed by atoms with van der Waals surface area (Å²) in [6.07, 6.45) is -0.779. The fraction of sp³-hybridized carbons (Fsp3) is 0.333. The topological polar surface area (TPSA) is 77.8 Å². The Morgan fingerprint density at radius 3 is 2.48 bits per heavy atom. The molecular formula is C15H15NO4S. The van der Waals surface area contributed by atoms with Crippen LogP contribution in [0, 0.1) is 12.8 Å². The Bertz CT molecular complexity index is 650. The second kappa shape index (κ2) is 4.89. The number of carboxylic acid groups (broad SMARTS) is 1. The number of benzene rings is 1. The Balaban J connectivity index is 2.02. The highest BCUT2D eigenvalue weighted by atomic mass is 32.2. The molecule has 0 aromatic heterocycles. The molecule has 1 fully saturated rings. The maximum absolute atomic E-state index is 12.1. The van der Waals surface area contributed by atoms with Crippen LogP contribution in [0.4, 0.5) is 0 Å². The number of fused-ring (bicyclic) bond motifs is 1. The average Bonchev–Trinajstić information content (AvgIpc) is 2.74. The monoisotopic (exact) mass is 305 g/mol. The highest BCUT2D eigenvalue weighted by Crippen LogP contribution is 2.53. The number of aliphatic carboxylic acids is 1. The number of aliphatic hydroxyl groups excluding tert-OH is 1. The number of β-lactam (4-membered cyclic amide) rings is 1. The quantitative estimate of drug-likeness (QED) is 0.831. The van der Waals surface area contributed by atoms with Gasteiger partial charge in [0.15, 0.2) is 0 Å². The Labute approximate surface area is 126 Å². The standard InChI is InChI=1S/C15H15NO4S/c1-7-3-5-9(6-4-7)12-11(15(19)20)16-13(18)10(8(2)17)14(16)21-12/h3-6,8,10,14,17H,1-2H3,(H,19,20)/t8-,10+,14-/m1/s1. The van der Waals surface area contributed by atoms with E-state index in [4.69, 9.17) is 0 Å². The molecule has 0 bridgehead atoms. The fourth-order valence-electron chi connectivity index (χ4n) is 2.69. The number of carboxylic acids is 1. The molecule has 3 atom stereocenters. The van der Waals surface area contributed by atoms with E-state index >= 15 is 0 Å². The van der Waals surface area contributed by atoms with Crippen molar-refractivity contribution in [3.8, 4) is 0 Å². The minimum atomic E-state index is -1.11. The number of carbonyl (C=O) groups is 2. The van der Waals surface area contributed by atoms with Crippen molar-refractivity contribution in [3.63, 3.8) is 0 Å². The highest BCUT2D eigenvalue weighted by molar-refractivity contribution is 8.09. The number of hydrogen-bond acceptors (Lipinski definition) is 4. The first-order valence-electron chi connectivity index (χ1n) is 6.64. The summed E-state index contributed by atoms with van der Waals surface area (Å²) in [6.45, 7) is 3.52. The second-order valence-electron chi connectivity index (χ2n) is 5.33. The van der Waals surface area contributed by atoms with Crippen LogP contribution < -0.4 is 0 Å². The zero-order valence-corrected chi connectivity index (χ0v) is 12.4. The van der Waals surface area contributed by atoms with E-state index in [1.165, 1.54) is 16.7 Å². The number of aliphatic hydroxyl groups is 1. The number of carbonyl (C=O) groups excluding carboxylic acids is 1. The molecule has 5 nitrogen and oxygen atoms in total. The summed E-state index contributed by atoms with van der Waals surface area (Å²) in [7, 11) is 0. The molecule has 0 saturated carbocycles. The molecule has 0 aliphatic carbocycles. The van der Waals surface area contributed by atoms with E-state index in [0.29, 0.717) is 4.91 Å². The SMILES string of the molecule is Cc1ccc(C2=C(C(=O)O)N3C(=O)[C@H]([C@@H](C)O)[C@H]3S2)cc1. The molecule has 2 N–H and O–H groups in total. The van der Waals surface area contributed by atoms with E-state index in [-0.39, 0.29) is 17.0 Å². The summed E-state index contributed by atoms with van der Waals surface area (Å²) in [5.74, 6) is -1.97. The number of rotatable bonds is 3. The molecule has 1 aromatic rings. The van der Waals surface area contributed by atoms with Gasteiger partial charge in [-0.3, -0.25) is 9.69 Å². The first kappa shape index (κ1) is 14.2. The van der Waals surface area contributed by atoms with Gasteiger partial charge in [-0.25, -0.2) is 4.79 Å². The molecule has 0 radical (unpaired) electrons. The number of thioether (sulfide) groups is 1. The molecule has 1 aromatic carbocycles. The Morgan fingerprint density at radius 1 is 1.33 bits per heavy atom. The van der Waals surface area contributed by atoms with Crippen LogP contribution in [0.2, 0.25) is 0 Å². The third-order valence-corrected chi connectivity index (χ3v) is 5.23. The van der Waals surface area contributed by atoms with E-state index in [1.54, 1.807) is 6.92 Å². The summed E-state index contributed by atoms with van der Waals surface area (Å²) >= 11 is 1.34. The summed E-state index contributed by atoms with van der Waals surface area (Å²) in [5.41, 5.74) is 1.89. The average molecular weight is 305 g/mol. The molecule has 2 heterocycles. The van der Waals surface area contributed by atoms with Gasteiger partial charge in [0.2, 0.25) is 5.91 Å². The van der Waals surface area contributed by atoms with Gasteiger partial charge in [0.1, 0.15) is 11.1 Å². The number of hydrogen-bond donors (Lipinski definition) is 2. The molecule has 110 valence electrons. The van der Waals surface area contributed by atoms with Crippen molar-refractivity contribution in [1.82, 2.24) is 4.90 Å². The van der Waals surface area contributed by atoms with Crippen LogP contribution in [-0.4, -0.2) is 38.5 Å². The first-order valence-corrected chi connectivity index (χ1v) is 7.52. The Kier molecular flexibility index (Phi) is 3.30. The minimum Gasteiger partial charge on any atom is -0.477 e. The van der Waals surface area contributed by atoms with Gasteiger partial charge in [0, 0.05) is 4.91 Å². The Morgan fingerprint density at radius 2 is 1.95 bits per heavy atom. The smallest absolute Gasteiger partial charge is 0.353 e. The predicted octanol–water partition coefficient (Wildman–Crippen LogP) is 1.66. The van der Waals surface area contributed by atoms with Gasteiger partial charge < -0.3 is 10.2 Å². The van der Waals surface area contributed by atoms with Gasteiger partial charge in [-0.05, 0) is 19.4 Å². The van der Waals surface area contributed by atoms with E-state index in [1.807, 2.05) is 31.2 Å². The molecular weight excluding hydrogens is 290 g/mol. The molecule has 21 heavy (non-hydrogen) atoms. The summed E-state index contributed by atoms with van der Waals surface area (Å²) < 4.78 is 0. The Hall–Kier alpha value is -1.79. The van der Waals surface area contributed by atoms with Gasteiger partial charge in [0.25, 0.3) is 0 Å². The van der Waals surface area contributed by atoms with Gasteiger partial charge in [-0.15, -0.1) is 0 Å². The maximum Gasteiger partial charge on any atom is 0.353 e. The number of aryl methyl sites for hydroxylation is 1. The van der Waals surface area contributed by atoms with Crippen LogP contribution >= 0.6 is 11.8 Å². The van der Waals surface area contributed by atoms with Crippen molar-refractivity contribution in [2.75, 3.05) is 0 Å². The third-order valence-electron chi connectivity index (χ3n) is 3.81. The van der Waals surface area contributed by atoms with Crippen LogP contribution in [0.1, 0.15) is 18.1 Å². The molecule has 1 saturated heterocycles. The molecule has 3 rings (SSSR count). The van der Waals surface area contributed by atoms with E-state index in [2.05, 4.69) is 0 Å². The zero-order valence-electron chi connectivity index (χ0n) is 11.6. The predicted molar refractivity (Wildman–Crippen MR) is 79.1 cm³/mol. The normalized spacial score (nSPS) is 25.7. The molecule has 6 heteroatoms. The van der Waals surface area contributed by atoms with Crippen LogP contribution in [0.25, 0.3) is 4.91 Å². The van der Waals surface area contributed by atoms with E-state index in [9.17, 15) is 19.8 Å². The van der Waals surface area contributed by atoms with Gasteiger partial charge >= 0.3 is 5.97 Å².